The molecule has 2 nitrogen and oxygen atoms in total. The van der Waals surface area contributed by atoms with Crippen LogP contribution >= 0.6 is 0 Å². The monoisotopic (exact) mass is 493 g/mol. The number of hydrogen-bond acceptors (Lipinski definition) is 1. The van der Waals surface area contributed by atoms with Gasteiger partial charge in [0.25, 0.3) is 5.91 Å². The van der Waals surface area contributed by atoms with Crippen molar-refractivity contribution in [2.45, 2.75) is 100 Å². The normalized spacial score (nSPS) is 24.2. The highest BCUT2D eigenvalue weighted by molar-refractivity contribution is 5.89. The van der Waals surface area contributed by atoms with Crippen molar-refractivity contribution in [3.05, 3.63) is 0 Å². The van der Waals surface area contributed by atoms with Gasteiger partial charge in [-0.2, -0.15) is 43.9 Å². The van der Waals surface area contributed by atoms with Crippen LogP contribution in [0.15, 0.2) is 0 Å². The quantitative estimate of drug-likeness (QED) is 0.227. The lowest BCUT2D eigenvalue weighted by atomic mass is 9.71. The second kappa shape index (κ2) is 9.52. The molecule has 0 heterocycles. The van der Waals surface area contributed by atoms with E-state index in [1.807, 2.05) is 0 Å². The van der Waals surface area contributed by atoms with Gasteiger partial charge in [-0.25, -0.2) is 4.39 Å². The van der Waals surface area contributed by atoms with Crippen molar-refractivity contribution < 1.29 is 53.1 Å². The van der Waals surface area contributed by atoms with Gasteiger partial charge in [-0.15, -0.1) is 0 Å². The van der Waals surface area contributed by atoms with Crippen LogP contribution in [0.4, 0.5) is 48.3 Å². The molecule has 190 valence electrons. The van der Waals surface area contributed by atoms with Gasteiger partial charge in [0.1, 0.15) is 0 Å². The van der Waals surface area contributed by atoms with Crippen molar-refractivity contribution in [3.63, 3.8) is 0 Å². The summed E-state index contributed by atoms with van der Waals surface area (Å²) in [6.07, 6.45) is 2.87. The molecule has 0 N–H and O–H groups in total. The zero-order valence-electron chi connectivity index (χ0n) is 17.6. The SMILES string of the molecule is CCCCCCN(CCCCCC)C(=O)C1(F)C(F)(F)C(F)(F)C(F)(F)C(F)(F)C1(F)F. The van der Waals surface area contributed by atoms with E-state index < -0.39 is 54.3 Å². The van der Waals surface area contributed by atoms with E-state index in [1.165, 1.54) is 0 Å². The molecule has 0 spiro atoms. The molecular formula is C19H26F11NO. The molecule has 1 aliphatic carbocycles. The smallest absolute Gasteiger partial charge is 0.339 e. The molecule has 1 fully saturated rings. The molecule has 0 saturated heterocycles. The van der Waals surface area contributed by atoms with Crippen LogP contribution < -0.4 is 0 Å². The van der Waals surface area contributed by atoms with Crippen LogP contribution in [0.1, 0.15) is 65.2 Å². The summed E-state index contributed by atoms with van der Waals surface area (Å²) in [7, 11) is 0. The number of amides is 1. The predicted molar refractivity (Wildman–Crippen MR) is 93.4 cm³/mol. The van der Waals surface area contributed by atoms with Gasteiger partial charge >= 0.3 is 35.3 Å². The van der Waals surface area contributed by atoms with Gasteiger partial charge in [0.15, 0.2) is 0 Å². The Balaban J connectivity index is 3.48. The van der Waals surface area contributed by atoms with Gasteiger partial charge in [-0.05, 0) is 12.8 Å². The first-order chi connectivity index (χ1) is 14.4. The van der Waals surface area contributed by atoms with Crippen LogP contribution in [0.3, 0.4) is 0 Å². The van der Waals surface area contributed by atoms with Gasteiger partial charge in [-0.1, -0.05) is 52.4 Å². The van der Waals surface area contributed by atoms with E-state index in [0.717, 1.165) is 0 Å². The van der Waals surface area contributed by atoms with Gasteiger partial charge < -0.3 is 4.90 Å². The lowest BCUT2D eigenvalue weighted by Crippen LogP contribution is -2.86. The number of unbranched alkanes of at least 4 members (excludes halogenated alkanes) is 6. The number of nitrogens with zero attached hydrogens (tertiary/aromatic N) is 1. The second-order valence-corrected chi connectivity index (χ2v) is 7.94. The maximum Gasteiger partial charge on any atom is 0.384 e. The Morgan fingerprint density at radius 2 is 0.844 bits per heavy atom. The largest absolute Gasteiger partial charge is 0.384 e. The summed E-state index contributed by atoms with van der Waals surface area (Å²) in [5.41, 5.74) is -6.59. The molecule has 0 atom stereocenters. The predicted octanol–water partition coefficient (Wildman–Crippen LogP) is 6.87. The van der Waals surface area contributed by atoms with Gasteiger partial charge in [-0.3, -0.25) is 4.79 Å². The van der Waals surface area contributed by atoms with Crippen LogP contribution in [0.5, 0.6) is 0 Å². The zero-order chi connectivity index (χ0) is 25.2. The van der Waals surface area contributed by atoms with Crippen molar-refractivity contribution in [2.75, 3.05) is 13.1 Å². The molecular weight excluding hydrogens is 467 g/mol. The van der Waals surface area contributed by atoms with Crippen molar-refractivity contribution >= 4 is 5.91 Å². The Morgan fingerprint density at radius 3 is 1.16 bits per heavy atom. The molecule has 1 aliphatic rings. The third kappa shape index (κ3) is 3.95. The van der Waals surface area contributed by atoms with Crippen LogP contribution in [0.25, 0.3) is 0 Å². The molecule has 1 rings (SSSR count). The minimum absolute atomic E-state index is 0.0305. The Morgan fingerprint density at radius 1 is 0.531 bits per heavy atom. The molecule has 0 radical (unpaired) electrons. The highest BCUT2D eigenvalue weighted by Gasteiger charge is 3.03. The molecule has 0 aliphatic heterocycles. The number of carbonyl (C=O) groups is 1. The van der Waals surface area contributed by atoms with Crippen molar-refractivity contribution in [1.82, 2.24) is 4.90 Å². The molecule has 1 saturated carbocycles. The topological polar surface area (TPSA) is 20.3 Å². The van der Waals surface area contributed by atoms with Crippen LogP contribution in [0, 0.1) is 0 Å². The van der Waals surface area contributed by atoms with Crippen molar-refractivity contribution in [2.24, 2.45) is 0 Å². The summed E-state index contributed by atoms with van der Waals surface area (Å²) < 4.78 is 153. The summed E-state index contributed by atoms with van der Waals surface area (Å²) in [5, 5.41) is 0. The summed E-state index contributed by atoms with van der Waals surface area (Å²) in [5.74, 6) is -39.2. The van der Waals surface area contributed by atoms with E-state index in [-0.39, 0.29) is 17.7 Å². The van der Waals surface area contributed by atoms with Gasteiger partial charge in [0.2, 0.25) is 0 Å². The Hall–Kier alpha value is -1.30. The van der Waals surface area contributed by atoms with Crippen molar-refractivity contribution in [1.29, 1.82) is 0 Å². The van der Waals surface area contributed by atoms with Crippen LogP contribution in [-0.2, 0) is 4.79 Å². The second-order valence-electron chi connectivity index (χ2n) is 7.94. The van der Waals surface area contributed by atoms with Crippen LogP contribution in [-0.4, -0.2) is 59.2 Å². The maximum absolute atomic E-state index is 15.1. The molecule has 0 unspecified atom stereocenters. The van der Waals surface area contributed by atoms with E-state index in [2.05, 4.69) is 0 Å². The Labute approximate surface area is 178 Å². The number of halogens is 11. The zero-order valence-corrected chi connectivity index (χ0v) is 17.6. The summed E-state index contributed by atoms with van der Waals surface area (Å²) in [6.45, 7) is 2.18. The van der Waals surface area contributed by atoms with E-state index in [9.17, 15) is 48.7 Å². The van der Waals surface area contributed by atoms with E-state index in [4.69, 9.17) is 0 Å². The standard InChI is InChI=1S/C19H26F11NO/c1-3-5-7-9-11-31(12-10-8-6-4-2)13(32)14(20)15(21,22)17(25,26)19(29,30)18(27,28)16(14,23)24/h3-12H2,1-2H3. The Bertz CT molecular complexity index is 609. The first kappa shape index (κ1) is 28.7. The highest BCUT2D eigenvalue weighted by Crippen LogP contribution is 2.69. The van der Waals surface area contributed by atoms with E-state index in [0.29, 0.717) is 38.5 Å². The third-order valence-electron chi connectivity index (χ3n) is 5.59. The maximum atomic E-state index is 15.1. The summed E-state index contributed by atoms with van der Waals surface area (Å²) in [6, 6.07) is 0. The number of alkyl halides is 11. The molecule has 32 heavy (non-hydrogen) atoms. The van der Waals surface area contributed by atoms with Crippen LogP contribution in [0.2, 0.25) is 0 Å². The average Bonchev–Trinajstić information content (AvgIpc) is 2.69. The number of rotatable bonds is 11. The minimum Gasteiger partial charge on any atom is -0.339 e. The summed E-state index contributed by atoms with van der Waals surface area (Å²) >= 11 is 0. The Kier molecular flexibility index (Phi) is 8.55. The van der Waals surface area contributed by atoms with Gasteiger partial charge in [0.05, 0.1) is 0 Å². The molecule has 0 aromatic carbocycles. The van der Waals surface area contributed by atoms with Crippen molar-refractivity contribution in [3.8, 4) is 0 Å². The van der Waals surface area contributed by atoms with E-state index >= 15 is 4.39 Å². The fourth-order valence-corrected chi connectivity index (χ4v) is 3.48. The number of carbonyl (C=O) groups excluding carboxylic acids is 1. The average molecular weight is 493 g/mol. The van der Waals surface area contributed by atoms with Gasteiger partial charge in [0, 0.05) is 13.1 Å². The lowest BCUT2D eigenvalue weighted by molar-refractivity contribution is -0.477. The fraction of sp³-hybridized carbons (Fsp3) is 0.947. The number of hydrogen-bond donors (Lipinski definition) is 0. The minimum atomic E-state index is -7.32. The first-order valence-corrected chi connectivity index (χ1v) is 10.3. The third-order valence-corrected chi connectivity index (χ3v) is 5.59. The lowest BCUT2D eigenvalue weighted by Gasteiger charge is -2.52. The highest BCUT2D eigenvalue weighted by atomic mass is 19.4. The molecule has 0 aromatic rings. The first-order valence-electron chi connectivity index (χ1n) is 10.3. The fourth-order valence-electron chi connectivity index (χ4n) is 3.48. The molecule has 1 amide bonds. The molecule has 0 aromatic heterocycles. The molecule has 13 heteroatoms. The summed E-state index contributed by atoms with van der Waals surface area (Å²) in [4.78, 5) is 12.5. The van der Waals surface area contributed by atoms with E-state index in [1.54, 1.807) is 13.8 Å². The molecule has 0 bridgehead atoms.